The molecule has 0 saturated carbocycles. The van der Waals surface area contributed by atoms with Gasteiger partial charge in [0.15, 0.2) is 0 Å². The first-order valence-electron chi connectivity index (χ1n) is 4.47. The molecule has 1 aliphatic rings. The van der Waals surface area contributed by atoms with Gasteiger partial charge in [-0.2, -0.15) is 0 Å². The largest absolute Gasteiger partial charge is 0.379 e. The highest BCUT2D eigenvalue weighted by molar-refractivity contribution is 5.77. The van der Waals surface area contributed by atoms with Crippen molar-refractivity contribution in [1.29, 1.82) is 0 Å². The highest BCUT2D eigenvalue weighted by Gasteiger charge is 2.26. The summed E-state index contributed by atoms with van der Waals surface area (Å²) in [7, 11) is 1.68. The topological polar surface area (TPSA) is 47.6 Å². The summed E-state index contributed by atoms with van der Waals surface area (Å²) in [6, 6.07) is 0. The van der Waals surface area contributed by atoms with E-state index >= 15 is 0 Å². The van der Waals surface area contributed by atoms with E-state index in [1.165, 1.54) is 0 Å². The Hall–Kier alpha value is -0.610. The molecule has 1 fully saturated rings. The number of carbonyl (C=O) groups excluding carboxylic acids is 1. The molecule has 1 atom stereocenters. The number of rotatable bonds is 3. The first-order valence-corrected chi connectivity index (χ1v) is 4.47. The average molecular weight is 187 g/mol. The van der Waals surface area contributed by atoms with Gasteiger partial charge in [-0.1, -0.05) is 0 Å². The summed E-state index contributed by atoms with van der Waals surface area (Å²) >= 11 is 0. The lowest BCUT2D eigenvalue weighted by Gasteiger charge is -2.30. The molecular formula is C9H17NO3. The second-order valence-electron chi connectivity index (χ2n) is 3.91. The number of amides is 1. The molecule has 4 nitrogen and oxygen atoms in total. The highest BCUT2D eigenvalue weighted by atomic mass is 16.5. The van der Waals surface area contributed by atoms with E-state index in [-0.39, 0.29) is 24.2 Å². The van der Waals surface area contributed by atoms with E-state index in [0.29, 0.717) is 6.54 Å². The fourth-order valence-electron chi connectivity index (χ4n) is 1.29. The minimum atomic E-state index is -0.188. The van der Waals surface area contributed by atoms with Gasteiger partial charge in [0, 0.05) is 20.1 Å². The van der Waals surface area contributed by atoms with Crippen molar-refractivity contribution < 1.29 is 14.3 Å². The zero-order chi connectivity index (χ0) is 9.90. The number of ether oxygens (including phenoxy) is 2. The van der Waals surface area contributed by atoms with Crippen molar-refractivity contribution in [1.82, 2.24) is 5.32 Å². The molecule has 1 aliphatic heterocycles. The molecule has 13 heavy (non-hydrogen) atoms. The van der Waals surface area contributed by atoms with Gasteiger partial charge in [-0.05, 0) is 13.8 Å². The SMILES string of the molecule is COC(C)(C)CC1CNC(=O)CO1. The Balaban J connectivity index is 2.34. The number of nitrogens with one attached hydrogen (secondary N) is 1. The van der Waals surface area contributed by atoms with Crippen LogP contribution in [0, 0.1) is 0 Å². The van der Waals surface area contributed by atoms with Crippen LogP contribution in [-0.4, -0.2) is 37.9 Å². The first-order chi connectivity index (χ1) is 6.03. The molecule has 1 saturated heterocycles. The molecule has 1 rings (SSSR count). The van der Waals surface area contributed by atoms with E-state index in [1.807, 2.05) is 13.8 Å². The molecule has 0 radical (unpaired) electrons. The van der Waals surface area contributed by atoms with Crippen LogP contribution in [0.15, 0.2) is 0 Å². The smallest absolute Gasteiger partial charge is 0.246 e. The van der Waals surface area contributed by atoms with Crippen molar-refractivity contribution in [2.75, 3.05) is 20.3 Å². The number of carbonyl (C=O) groups is 1. The molecule has 1 unspecified atom stereocenters. The minimum absolute atomic E-state index is 0.0357. The maximum Gasteiger partial charge on any atom is 0.246 e. The third-order valence-electron chi connectivity index (χ3n) is 2.25. The minimum Gasteiger partial charge on any atom is -0.379 e. The van der Waals surface area contributed by atoms with Crippen LogP contribution in [0.25, 0.3) is 0 Å². The van der Waals surface area contributed by atoms with Crippen molar-refractivity contribution >= 4 is 5.91 Å². The average Bonchev–Trinajstić information content (AvgIpc) is 2.09. The van der Waals surface area contributed by atoms with Crippen LogP contribution in [0.5, 0.6) is 0 Å². The summed E-state index contributed by atoms with van der Waals surface area (Å²) in [5.41, 5.74) is -0.188. The quantitative estimate of drug-likeness (QED) is 0.692. The Morgan fingerprint density at radius 3 is 2.85 bits per heavy atom. The molecule has 1 N–H and O–H groups in total. The van der Waals surface area contributed by atoms with Crippen LogP contribution in [-0.2, 0) is 14.3 Å². The van der Waals surface area contributed by atoms with Crippen LogP contribution in [0.2, 0.25) is 0 Å². The Bertz CT molecular complexity index is 181. The third-order valence-corrected chi connectivity index (χ3v) is 2.25. The summed E-state index contributed by atoms with van der Waals surface area (Å²) in [5.74, 6) is -0.0357. The molecule has 76 valence electrons. The summed E-state index contributed by atoms with van der Waals surface area (Å²) in [6.07, 6.45) is 0.872. The van der Waals surface area contributed by atoms with Crippen LogP contribution >= 0.6 is 0 Å². The van der Waals surface area contributed by atoms with Gasteiger partial charge in [0.1, 0.15) is 6.61 Å². The van der Waals surface area contributed by atoms with E-state index in [9.17, 15) is 4.79 Å². The van der Waals surface area contributed by atoms with Crippen molar-refractivity contribution in [3.05, 3.63) is 0 Å². The standard InChI is InChI=1S/C9H17NO3/c1-9(2,12-3)4-7-5-10-8(11)6-13-7/h7H,4-6H2,1-3H3,(H,10,11). The van der Waals surface area contributed by atoms with Crippen molar-refractivity contribution in [3.63, 3.8) is 0 Å². The summed E-state index contributed by atoms with van der Waals surface area (Å²) in [4.78, 5) is 10.8. The van der Waals surface area contributed by atoms with Gasteiger partial charge in [-0.25, -0.2) is 0 Å². The zero-order valence-electron chi connectivity index (χ0n) is 8.42. The lowest BCUT2D eigenvalue weighted by atomic mass is 10.00. The zero-order valence-corrected chi connectivity index (χ0v) is 8.42. The van der Waals surface area contributed by atoms with Gasteiger partial charge in [-0.3, -0.25) is 4.79 Å². The Morgan fingerprint density at radius 1 is 1.69 bits per heavy atom. The predicted octanol–water partition coefficient (Wildman–Crippen LogP) is 0.316. The monoisotopic (exact) mass is 187 g/mol. The Kier molecular flexibility index (Phi) is 3.27. The number of morpholine rings is 1. The van der Waals surface area contributed by atoms with Gasteiger partial charge in [0.25, 0.3) is 0 Å². The lowest BCUT2D eigenvalue weighted by molar-refractivity contribution is -0.136. The first kappa shape index (κ1) is 10.5. The summed E-state index contributed by atoms with van der Waals surface area (Å²) in [5, 5.41) is 2.76. The molecule has 0 aromatic heterocycles. The van der Waals surface area contributed by atoms with E-state index < -0.39 is 0 Å². The normalized spacial score (nSPS) is 24.2. The second-order valence-corrected chi connectivity index (χ2v) is 3.91. The van der Waals surface area contributed by atoms with Crippen LogP contribution in [0.3, 0.4) is 0 Å². The maximum absolute atomic E-state index is 10.8. The molecule has 0 aromatic carbocycles. The Labute approximate surface area is 78.6 Å². The highest BCUT2D eigenvalue weighted by Crippen LogP contribution is 2.18. The van der Waals surface area contributed by atoms with Gasteiger partial charge in [0.05, 0.1) is 11.7 Å². The van der Waals surface area contributed by atoms with E-state index in [4.69, 9.17) is 9.47 Å². The van der Waals surface area contributed by atoms with Gasteiger partial charge >= 0.3 is 0 Å². The molecule has 0 aliphatic carbocycles. The summed E-state index contributed by atoms with van der Waals surface area (Å²) < 4.78 is 10.6. The molecule has 0 bridgehead atoms. The fourth-order valence-corrected chi connectivity index (χ4v) is 1.29. The molecule has 1 heterocycles. The summed E-state index contributed by atoms with van der Waals surface area (Å²) in [6.45, 7) is 4.77. The maximum atomic E-state index is 10.8. The number of methoxy groups -OCH3 is 1. The Morgan fingerprint density at radius 2 is 2.38 bits per heavy atom. The van der Waals surface area contributed by atoms with E-state index in [1.54, 1.807) is 7.11 Å². The van der Waals surface area contributed by atoms with Crippen molar-refractivity contribution in [2.45, 2.75) is 32.0 Å². The molecule has 0 aromatic rings. The molecule has 4 heteroatoms. The van der Waals surface area contributed by atoms with E-state index in [2.05, 4.69) is 5.32 Å². The fraction of sp³-hybridized carbons (Fsp3) is 0.889. The second kappa shape index (κ2) is 4.07. The van der Waals surface area contributed by atoms with Gasteiger partial charge in [-0.15, -0.1) is 0 Å². The molecule has 0 spiro atoms. The van der Waals surface area contributed by atoms with Gasteiger partial charge in [0.2, 0.25) is 5.91 Å². The third kappa shape index (κ3) is 3.32. The molecular weight excluding hydrogens is 170 g/mol. The van der Waals surface area contributed by atoms with Gasteiger partial charge < -0.3 is 14.8 Å². The number of hydrogen-bond acceptors (Lipinski definition) is 3. The molecule has 1 amide bonds. The van der Waals surface area contributed by atoms with E-state index in [0.717, 1.165) is 6.42 Å². The van der Waals surface area contributed by atoms with Crippen LogP contribution in [0.1, 0.15) is 20.3 Å². The predicted molar refractivity (Wildman–Crippen MR) is 48.5 cm³/mol. The van der Waals surface area contributed by atoms with Crippen molar-refractivity contribution in [2.24, 2.45) is 0 Å². The van der Waals surface area contributed by atoms with Crippen LogP contribution in [0.4, 0.5) is 0 Å². The number of hydrogen-bond donors (Lipinski definition) is 1. The van der Waals surface area contributed by atoms with Crippen LogP contribution < -0.4 is 5.32 Å². The van der Waals surface area contributed by atoms with Crippen molar-refractivity contribution in [3.8, 4) is 0 Å². The lowest BCUT2D eigenvalue weighted by Crippen LogP contribution is -2.45.